The minimum absolute atomic E-state index is 0.0133. The summed E-state index contributed by atoms with van der Waals surface area (Å²) in [5.74, 6) is -0.917. The molecule has 6 aliphatic rings. The predicted octanol–water partition coefficient (Wildman–Crippen LogP) is 6.58. The molecule has 5 aliphatic heterocycles. The van der Waals surface area contributed by atoms with Gasteiger partial charge < -0.3 is 5.11 Å². The molecule has 0 aromatic carbocycles. The summed E-state index contributed by atoms with van der Waals surface area (Å²) in [6, 6.07) is 0. The molecule has 1 fully saturated rings. The maximum atomic E-state index is 13.3. The van der Waals surface area contributed by atoms with Crippen LogP contribution in [0.2, 0.25) is 0 Å². The highest BCUT2D eigenvalue weighted by atomic mass is 16.4. The Bertz CT molecular complexity index is 1660. The second-order valence-corrected chi connectivity index (χ2v) is 11.3. The summed E-state index contributed by atoms with van der Waals surface area (Å²) < 4.78 is 0. The molecule has 1 N–H and O–H groups in total. The molecule has 0 radical (unpaired) electrons. The predicted molar refractivity (Wildman–Crippen MR) is 159 cm³/mol. The van der Waals surface area contributed by atoms with Crippen LogP contribution in [-0.2, 0) is 9.59 Å². The molecule has 7 heteroatoms. The van der Waals surface area contributed by atoms with Gasteiger partial charge in [0, 0.05) is 41.5 Å². The average molecular weight is 535 g/mol. The van der Waals surface area contributed by atoms with Gasteiger partial charge in [-0.2, -0.15) is 0 Å². The Morgan fingerprint density at radius 3 is 2.02 bits per heavy atom. The first-order valence-electron chi connectivity index (χ1n) is 14.2. The van der Waals surface area contributed by atoms with Gasteiger partial charge in [0.25, 0.3) is 0 Å². The van der Waals surface area contributed by atoms with Gasteiger partial charge in [-0.3, -0.25) is 14.6 Å². The van der Waals surface area contributed by atoms with Crippen LogP contribution in [0.25, 0.3) is 0 Å². The van der Waals surface area contributed by atoms with Crippen molar-refractivity contribution in [1.82, 2.24) is 0 Å². The lowest BCUT2D eigenvalue weighted by molar-refractivity contribution is -0.137. The van der Waals surface area contributed by atoms with Crippen molar-refractivity contribution in [3.63, 3.8) is 0 Å². The third kappa shape index (κ3) is 3.94. The first-order chi connectivity index (χ1) is 19.1. The molecule has 0 aromatic rings. The summed E-state index contributed by atoms with van der Waals surface area (Å²) in [6.07, 6.45) is 8.57. The van der Waals surface area contributed by atoms with Gasteiger partial charge in [0.2, 0.25) is 0 Å². The molecule has 8 bridgehead atoms. The van der Waals surface area contributed by atoms with Crippen molar-refractivity contribution in [2.45, 2.75) is 73.6 Å². The fraction of sp³-hybridized carbons (Fsp3) is 0.394. The van der Waals surface area contributed by atoms with Crippen molar-refractivity contribution in [3.8, 4) is 0 Å². The maximum Gasteiger partial charge on any atom is 0.303 e. The number of allylic oxidation sites excluding steroid dienone is 11. The van der Waals surface area contributed by atoms with Crippen LogP contribution < -0.4 is 0 Å². The monoisotopic (exact) mass is 534 g/mol. The van der Waals surface area contributed by atoms with Crippen molar-refractivity contribution in [2.75, 3.05) is 0 Å². The number of hydrogen-bond acceptors (Lipinski definition) is 6. The molecular formula is C33H34N4O3. The Morgan fingerprint density at radius 2 is 1.45 bits per heavy atom. The van der Waals surface area contributed by atoms with Crippen molar-refractivity contribution >= 4 is 34.6 Å². The van der Waals surface area contributed by atoms with Crippen LogP contribution in [-0.4, -0.2) is 39.7 Å². The summed E-state index contributed by atoms with van der Waals surface area (Å²) in [4.78, 5) is 45.1. The summed E-state index contributed by atoms with van der Waals surface area (Å²) >= 11 is 0. The molecule has 5 heterocycles. The minimum atomic E-state index is -0.834. The van der Waals surface area contributed by atoms with E-state index in [2.05, 4.69) is 46.8 Å². The first kappa shape index (κ1) is 26.2. The molecular weight excluding hydrogens is 500 g/mol. The van der Waals surface area contributed by atoms with Gasteiger partial charge in [-0.15, -0.1) is 0 Å². The van der Waals surface area contributed by atoms with Gasteiger partial charge in [-0.05, 0) is 86.1 Å². The van der Waals surface area contributed by atoms with E-state index in [0.29, 0.717) is 17.7 Å². The van der Waals surface area contributed by atoms with Crippen molar-refractivity contribution in [2.24, 2.45) is 31.8 Å². The van der Waals surface area contributed by atoms with Gasteiger partial charge in [0.05, 0.1) is 39.9 Å². The number of carbonyl (C=O) groups is 2. The summed E-state index contributed by atoms with van der Waals surface area (Å²) in [6.45, 7) is 12.5. The number of ketones is 1. The van der Waals surface area contributed by atoms with E-state index >= 15 is 0 Å². The summed E-state index contributed by atoms with van der Waals surface area (Å²) in [5.41, 5.74) is 13.7. The molecule has 0 amide bonds. The van der Waals surface area contributed by atoms with E-state index in [1.54, 1.807) is 0 Å². The zero-order valence-electron chi connectivity index (χ0n) is 24.0. The molecule has 40 heavy (non-hydrogen) atoms. The highest BCUT2D eigenvalue weighted by Crippen LogP contribution is 2.45. The smallest absolute Gasteiger partial charge is 0.303 e. The van der Waals surface area contributed by atoms with Crippen molar-refractivity contribution in [1.29, 1.82) is 0 Å². The number of Topliss-reactive ketones (excluding diaryl/α,β-unsaturated/α-hetero) is 1. The molecule has 0 unspecified atom stereocenters. The number of carboxylic acids is 1. The number of carbonyl (C=O) groups excluding carboxylic acids is 1. The standard InChI is InChI=1S/C33H34N4O3/c1-7-19-15(3)23-12-25-17(5)21(9-10-30(39)40)32(36-25)22-11-29(38)31-18(6)26(37-33(22)31)14-28-20(8-2)16(4)24(35-28)13-27(19)34-23/h12-14,17,21H,7-11H2,1-6H3,(H,39,40)/t17-,21-/m0/s1. The van der Waals surface area contributed by atoms with Crippen LogP contribution in [0, 0.1) is 11.8 Å². The van der Waals surface area contributed by atoms with Gasteiger partial charge in [-0.1, -0.05) is 20.8 Å². The highest BCUT2D eigenvalue weighted by molar-refractivity contribution is 6.38. The molecule has 0 spiro atoms. The van der Waals surface area contributed by atoms with E-state index in [4.69, 9.17) is 20.0 Å². The topological polar surface area (TPSA) is 104 Å². The van der Waals surface area contributed by atoms with Gasteiger partial charge in [-0.25, -0.2) is 15.0 Å². The normalized spacial score (nSPS) is 25.4. The quantitative estimate of drug-likeness (QED) is 0.431. The molecule has 0 aromatic heterocycles. The number of aliphatic carboxylic acids is 1. The van der Waals surface area contributed by atoms with Crippen LogP contribution in [0.15, 0.2) is 100.0 Å². The Hall–Kier alpha value is -4.00. The Morgan fingerprint density at radius 1 is 0.875 bits per heavy atom. The Kier molecular flexibility index (Phi) is 6.28. The van der Waals surface area contributed by atoms with Gasteiger partial charge in [0.1, 0.15) is 0 Å². The van der Waals surface area contributed by atoms with Crippen LogP contribution in [0.3, 0.4) is 0 Å². The molecule has 1 saturated carbocycles. The Balaban J connectivity index is 1.63. The highest BCUT2D eigenvalue weighted by Gasteiger charge is 2.42. The first-order valence-corrected chi connectivity index (χ1v) is 14.2. The minimum Gasteiger partial charge on any atom is -0.481 e. The maximum absolute atomic E-state index is 13.3. The number of fused-ring (bicyclic) bond motifs is 4. The van der Waals surface area contributed by atoms with Crippen molar-refractivity contribution in [3.05, 3.63) is 80.0 Å². The van der Waals surface area contributed by atoms with Crippen LogP contribution in [0.5, 0.6) is 0 Å². The third-order valence-electron chi connectivity index (χ3n) is 9.09. The lowest BCUT2D eigenvalue weighted by Crippen LogP contribution is -2.17. The molecule has 2 atom stereocenters. The largest absolute Gasteiger partial charge is 0.481 e. The third-order valence-corrected chi connectivity index (χ3v) is 9.09. The zero-order chi connectivity index (χ0) is 28.5. The lowest BCUT2D eigenvalue weighted by Gasteiger charge is -2.17. The van der Waals surface area contributed by atoms with E-state index in [-0.39, 0.29) is 30.5 Å². The fourth-order valence-corrected chi connectivity index (χ4v) is 6.77. The lowest BCUT2D eigenvalue weighted by atomic mass is 9.84. The summed E-state index contributed by atoms with van der Waals surface area (Å²) in [7, 11) is 0. The molecule has 1 aliphatic carbocycles. The van der Waals surface area contributed by atoms with E-state index in [9.17, 15) is 14.7 Å². The second-order valence-electron chi connectivity index (χ2n) is 11.3. The van der Waals surface area contributed by atoms with Gasteiger partial charge >= 0.3 is 5.97 Å². The summed E-state index contributed by atoms with van der Waals surface area (Å²) in [5, 5.41) is 9.49. The van der Waals surface area contributed by atoms with Crippen LogP contribution >= 0.6 is 0 Å². The van der Waals surface area contributed by atoms with E-state index < -0.39 is 5.97 Å². The number of rotatable bonds is 5. The second kappa shape index (κ2) is 9.58. The number of carboxylic acid groups (broad SMARTS) is 1. The van der Waals surface area contributed by atoms with Gasteiger partial charge in [0.15, 0.2) is 5.78 Å². The van der Waals surface area contributed by atoms with E-state index in [1.165, 1.54) is 11.1 Å². The van der Waals surface area contributed by atoms with Crippen LogP contribution in [0.4, 0.5) is 0 Å². The molecule has 6 rings (SSSR count). The number of nitrogens with zero attached hydrogens (tertiary/aromatic N) is 4. The van der Waals surface area contributed by atoms with E-state index in [0.717, 1.165) is 75.1 Å². The molecule has 7 nitrogen and oxygen atoms in total. The SMILES string of the molecule is CCC1=C(C)C2=CC3=NC(=C4CC(=O)C5=C(C)C(=CC6=NC(=CC1=N2)C(C)=C6CC)N=C45)[C@@H](CCC(=O)O)[C@@H]3C. The fourth-order valence-electron chi connectivity index (χ4n) is 6.77. The van der Waals surface area contributed by atoms with Crippen LogP contribution in [0.1, 0.15) is 73.6 Å². The van der Waals surface area contributed by atoms with Crippen molar-refractivity contribution < 1.29 is 14.7 Å². The average Bonchev–Trinajstić information content (AvgIpc) is 3.65. The number of hydrogen-bond donors (Lipinski definition) is 1. The Labute approximate surface area is 234 Å². The molecule has 0 saturated heterocycles. The zero-order valence-corrected chi connectivity index (χ0v) is 24.0. The van der Waals surface area contributed by atoms with E-state index in [1.807, 2.05) is 13.0 Å². The number of aliphatic imine (C=N–C) groups is 4. The molecule has 204 valence electrons.